The van der Waals surface area contributed by atoms with Gasteiger partial charge in [-0.05, 0) is 42.7 Å². The second-order valence-electron chi connectivity index (χ2n) is 5.84. The molecular weight excluding hydrogens is 314 g/mol. The molecule has 0 radical (unpaired) electrons. The van der Waals surface area contributed by atoms with Gasteiger partial charge in [-0.2, -0.15) is 0 Å². The summed E-state index contributed by atoms with van der Waals surface area (Å²) in [5.74, 6) is 0.0764. The van der Waals surface area contributed by atoms with Crippen molar-refractivity contribution in [2.24, 2.45) is 0 Å². The van der Waals surface area contributed by atoms with E-state index in [9.17, 15) is 4.79 Å². The van der Waals surface area contributed by atoms with E-state index < -0.39 is 0 Å². The maximum Gasteiger partial charge on any atom is 0.245 e. The third kappa shape index (κ3) is 3.85. The van der Waals surface area contributed by atoms with Gasteiger partial charge in [-0.1, -0.05) is 6.58 Å². The van der Waals surface area contributed by atoms with Crippen molar-refractivity contribution in [3.8, 4) is 11.1 Å². The Hall–Kier alpha value is -3.15. The predicted octanol–water partition coefficient (Wildman–Crippen LogP) is 3.00. The van der Waals surface area contributed by atoms with Crippen LogP contribution in [0.4, 0.5) is 5.69 Å². The number of carbonyl (C=O) groups is 1. The van der Waals surface area contributed by atoms with Gasteiger partial charge < -0.3 is 15.6 Å². The molecule has 0 saturated carbocycles. The van der Waals surface area contributed by atoms with Gasteiger partial charge in [0, 0.05) is 42.6 Å². The number of fused-ring (bicyclic) bond motifs is 1. The monoisotopic (exact) mass is 335 g/mol. The van der Waals surface area contributed by atoms with E-state index in [-0.39, 0.29) is 5.91 Å². The lowest BCUT2D eigenvalue weighted by Crippen LogP contribution is -2.25. The summed E-state index contributed by atoms with van der Waals surface area (Å²) >= 11 is 0. The van der Waals surface area contributed by atoms with Gasteiger partial charge in [0.1, 0.15) is 5.65 Å². The Bertz CT molecular complexity index is 866. The van der Waals surface area contributed by atoms with E-state index in [2.05, 4.69) is 21.5 Å². The summed E-state index contributed by atoms with van der Waals surface area (Å²) in [6.45, 7) is 5.26. The SMILES string of the molecule is C=CC(=O)N1CCCC1.Nc1cnc2[nH]cc(-c3ccncc3)c2c1. The van der Waals surface area contributed by atoms with E-state index in [1.54, 1.807) is 18.6 Å². The zero-order valence-corrected chi connectivity index (χ0v) is 14.0. The van der Waals surface area contributed by atoms with Crippen LogP contribution in [-0.2, 0) is 4.79 Å². The van der Waals surface area contributed by atoms with Crippen LogP contribution in [0.2, 0.25) is 0 Å². The number of nitrogen functional groups attached to an aromatic ring is 1. The summed E-state index contributed by atoms with van der Waals surface area (Å²) in [5.41, 5.74) is 9.46. The lowest BCUT2D eigenvalue weighted by molar-refractivity contribution is -0.124. The quantitative estimate of drug-likeness (QED) is 0.705. The first kappa shape index (κ1) is 16.7. The molecule has 3 aromatic rings. The van der Waals surface area contributed by atoms with Crippen LogP contribution >= 0.6 is 0 Å². The maximum atomic E-state index is 10.8. The number of likely N-dealkylation sites (tertiary alicyclic amines) is 1. The summed E-state index contributed by atoms with van der Waals surface area (Å²) < 4.78 is 0. The van der Waals surface area contributed by atoms with E-state index in [0.29, 0.717) is 5.69 Å². The number of anilines is 1. The highest BCUT2D eigenvalue weighted by atomic mass is 16.2. The number of nitrogens with one attached hydrogen (secondary N) is 1. The molecule has 3 N–H and O–H groups in total. The fourth-order valence-electron chi connectivity index (χ4n) is 2.86. The molecule has 0 unspecified atom stereocenters. The van der Waals surface area contributed by atoms with Crippen LogP contribution in [0.15, 0.2) is 55.6 Å². The lowest BCUT2D eigenvalue weighted by Gasteiger charge is -2.10. The van der Waals surface area contributed by atoms with Crippen molar-refractivity contribution in [3.05, 3.63) is 55.6 Å². The average molecular weight is 335 g/mol. The van der Waals surface area contributed by atoms with Crippen LogP contribution in [-0.4, -0.2) is 38.8 Å². The molecule has 128 valence electrons. The molecule has 1 aliphatic rings. The molecule has 4 rings (SSSR count). The molecule has 1 saturated heterocycles. The molecule has 0 atom stereocenters. The molecule has 0 aliphatic carbocycles. The highest BCUT2D eigenvalue weighted by molar-refractivity contribution is 5.94. The molecule has 3 aromatic heterocycles. The second-order valence-corrected chi connectivity index (χ2v) is 5.84. The maximum absolute atomic E-state index is 10.8. The van der Waals surface area contributed by atoms with Gasteiger partial charge in [-0.25, -0.2) is 4.98 Å². The largest absolute Gasteiger partial charge is 0.397 e. The fraction of sp³-hybridized carbons (Fsp3) is 0.211. The summed E-state index contributed by atoms with van der Waals surface area (Å²) in [6.07, 6.45) is 10.8. The topological polar surface area (TPSA) is 87.9 Å². The van der Waals surface area contributed by atoms with Crippen molar-refractivity contribution in [2.75, 3.05) is 18.8 Å². The molecule has 1 aliphatic heterocycles. The number of rotatable bonds is 2. The minimum atomic E-state index is 0.0764. The number of H-pyrrole nitrogens is 1. The van der Waals surface area contributed by atoms with Crippen LogP contribution in [0.25, 0.3) is 22.2 Å². The van der Waals surface area contributed by atoms with Crippen molar-refractivity contribution in [1.29, 1.82) is 0 Å². The fourth-order valence-corrected chi connectivity index (χ4v) is 2.86. The van der Waals surface area contributed by atoms with Crippen LogP contribution in [0, 0.1) is 0 Å². The lowest BCUT2D eigenvalue weighted by atomic mass is 10.1. The summed E-state index contributed by atoms with van der Waals surface area (Å²) in [6, 6.07) is 5.85. The zero-order valence-electron chi connectivity index (χ0n) is 14.0. The molecular formula is C19H21N5O. The highest BCUT2D eigenvalue weighted by Gasteiger charge is 2.14. The van der Waals surface area contributed by atoms with Crippen molar-refractivity contribution < 1.29 is 4.79 Å². The first-order valence-electron chi connectivity index (χ1n) is 8.23. The van der Waals surface area contributed by atoms with Crippen molar-refractivity contribution >= 4 is 22.6 Å². The molecule has 6 heteroatoms. The van der Waals surface area contributed by atoms with Gasteiger partial charge in [0.2, 0.25) is 5.91 Å². The number of hydrogen-bond donors (Lipinski definition) is 2. The molecule has 0 spiro atoms. The third-order valence-electron chi connectivity index (χ3n) is 4.14. The average Bonchev–Trinajstić information content (AvgIpc) is 3.32. The second kappa shape index (κ2) is 7.61. The number of nitrogens with two attached hydrogens (primary N) is 1. The van der Waals surface area contributed by atoms with Crippen molar-refractivity contribution in [2.45, 2.75) is 12.8 Å². The first-order valence-corrected chi connectivity index (χ1v) is 8.23. The Balaban J connectivity index is 0.000000173. The Morgan fingerprint density at radius 1 is 1.28 bits per heavy atom. The molecule has 0 aromatic carbocycles. The van der Waals surface area contributed by atoms with Gasteiger partial charge in [0.05, 0.1) is 11.9 Å². The van der Waals surface area contributed by atoms with Crippen LogP contribution in [0.5, 0.6) is 0 Å². The Labute approximate surface area is 146 Å². The van der Waals surface area contributed by atoms with Crippen molar-refractivity contribution in [3.63, 3.8) is 0 Å². The Kier molecular flexibility index (Phi) is 5.09. The number of aromatic amines is 1. The summed E-state index contributed by atoms with van der Waals surface area (Å²) in [4.78, 5) is 24.0. The van der Waals surface area contributed by atoms with Gasteiger partial charge in [-0.3, -0.25) is 9.78 Å². The first-order chi connectivity index (χ1) is 12.2. The van der Waals surface area contributed by atoms with Crippen LogP contribution < -0.4 is 5.73 Å². The molecule has 25 heavy (non-hydrogen) atoms. The number of nitrogens with zero attached hydrogens (tertiary/aromatic N) is 3. The number of hydrogen-bond acceptors (Lipinski definition) is 4. The van der Waals surface area contributed by atoms with Crippen LogP contribution in [0.3, 0.4) is 0 Å². The number of pyridine rings is 2. The number of amides is 1. The standard InChI is InChI=1S/C12H10N4.C7H11NO/c13-9-5-10-11(7-16-12(10)15-6-9)8-1-3-14-4-2-8;1-2-7(9)8-5-3-4-6-8/h1-7H,13H2,(H,15,16);2H,1,3-6H2. The highest BCUT2D eigenvalue weighted by Crippen LogP contribution is 2.27. The minimum absolute atomic E-state index is 0.0764. The van der Waals surface area contributed by atoms with Crippen LogP contribution in [0.1, 0.15) is 12.8 Å². The predicted molar refractivity (Wildman–Crippen MR) is 99.7 cm³/mol. The molecule has 1 amide bonds. The minimum Gasteiger partial charge on any atom is -0.397 e. The Morgan fingerprint density at radius 2 is 2.00 bits per heavy atom. The van der Waals surface area contributed by atoms with E-state index in [1.807, 2.05) is 29.3 Å². The molecule has 1 fully saturated rings. The Morgan fingerprint density at radius 3 is 2.68 bits per heavy atom. The smallest absolute Gasteiger partial charge is 0.245 e. The molecule has 6 nitrogen and oxygen atoms in total. The number of carbonyl (C=O) groups excluding carboxylic acids is 1. The van der Waals surface area contributed by atoms with E-state index in [0.717, 1.165) is 48.1 Å². The third-order valence-corrected chi connectivity index (χ3v) is 4.14. The summed E-state index contributed by atoms with van der Waals surface area (Å²) in [7, 11) is 0. The zero-order chi connectivity index (χ0) is 17.6. The van der Waals surface area contributed by atoms with Gasteiger partial charge in [0.15, 0.2) is 0 Å². The van der Waals surface area contributed by atoms with E-state index in [4.69, 9.17) is 5.73 Å². The normalized spacial score (nSPS) is 13.4. The summed E-state index contributed by atoms with van der Waals surface area (Å²) in [5, 5.41) is 1.03. The van der Waals surface area contributed by atoms with E-state index >= 15 is 0 Å². The van der Waals surface area contributed by atoms with E-state index in [1.165, 1.54) is 6.08 Å². The van der Waals surface area contributed by atoms with Gasteiger partial charge in [0.25, 0.3) is 0 Å². The molecule has 4 heterocycles. The van der Waals surface area contributed by atoms with Gasteiger partial charge in [-0.15, -0.1) is 0 Å². The number of aromatic nitrogens is 3. The molecule has 0 bridgehead atoms. The van der Waals surface area contributed by atoms with Gasteiger partial charge >= 0.3 is 0 Å². The van der Waals surface area contributed by atoms with Crippen molar-refractivity contribution in [1.82, 2.24) is 19.9 Å².